The molecule has 1 heterocycles. The predicted octanol–water partition coefficient (Wildman–Crippen LogP) is 4.47. The van der Waals surface area contributed by atoms with Crippen molar-refractivity contribution < 1.29 is 14.3 Å². The highest BCUT2D eigenvalue weighted by atomic mass is 79.9. The molecule has 0 amide bonds. The molecule has 0 aliphatic carbocycles. The Bertz CT molecular complexity index is 616. The van der Waals surface area contributed by atoms with Gasteiger partial charge in [0.25, 0.3) is 0 Å². The molecule has 0 radical (unpaired) electrons. The quantitative estimate of drug-likeness (QED) is 0.599. The van der Waals surface area contributed by atoms with Crippen LogP contribution in [0.3, 0.4) is 0 Å². The highest BCUT2D eigenvalue weighted by molar-refractivity contribution is 9.10. The minimum atomic E-state index is -0.461. The van der Waals surface area contributed by atoms with Crippen molar-refractivity contribution in [2.45, 2.75) is 6.92 Å². The van der Waals surface area contributed by atoms with Gasteiger partial charge >= 0.3 is 5.97 Å². The van der Waals surface area contributed by atoms with Gasteiger partial charge in [0, 0.05) is 10.5 Å². The Morgan fingerprint density at radius 3 is 2.65 bits per heavy atom. The smallest absolute Gasteiger partial charge is 0.338 e. The van der Waals surface area contributed by atoms with Gasteiger partial charge in [-0.1, -0.05) is 27.5 Å². The third-order valence-electron chi connectivity index (χ3n) is 2.32. The number of carbonyl (C=O) groups excluding carboxylic acids is 1. The highest BCUT2D eigenvalue weighted by Gasteiger charge is 2.11. The molecule has 4 nitrogen and oxygen atoms in total. The Morgan fingerprint density at radius 1 is 1.30 bits per heavy atom. The zero-order chi connectivity index (χ0) is 14.5. The van der Waals surface area contributed by atoms with Crippen molar-refractivity contribution in [1.82, 2.24) is 4.98 Å². The number of carbonyl (C=O) groups is 1. The summed E-state index contributed by atoms with van der Waals surface area (Å²) in [5, 5.41) is 0.169. The molecule has 0 atom stereocenters. The Kier molecular flexibility index (Phi) is 4.98. The van der Waals surface area contributed by atoms with Crippen molar-refractivity contribution in [1.29, 1.82) is 0 Å². The van der Waals surface area contributed by atoms with Crippen molar-refractivity contribution in [3.8, 4) is 11.6 Å². The van der Waals surface area contributed by atoms with E-state index in [-0.39, 0.29) is 11.0 Å². The number of ether oxygens (including phenoxy) is 2. The van der Waals surface area contributed by atoms with Crippen LogP contribution in [-0.2, 0) is 4.74 Å². The number of hydrogen-bond donors (Lipinski definition) is 0. The fraction of sp³-hybridized carbons (Fsp3) is 0.143. The van der Waals surface area contributed by atoms with Gasteiger partial charge < -0.3 is 9.47 Å². The molecule has 0 N–H and O–H groups in total. The Labute approximate surface area is 129 Å². The molecule has 0 bridgehead atoms. The van der Waals surface area contributed by atoms with Crippen LogP contribution in [0.15, 0.2) is 40.9 Å². The summed E-state index contributed by atoms with van der Waals surface area (Å²) in [7, 11) is 0. The number of esters is 1. The average molecular weight is 357 g/mol. The van der Waals surface area contributed by atoms with E-state index in [1.807, 2.05) is 12.1 Å². The molecule has 1 aromatic heterocycles. The minimum absolute atomic E-state index is 0.169. The molecule has 0 fully saturated rings. The van der Waals surface area contributed by atoms with Crippen LogP contribution in [0.5, 0.6) is 11.6 Å². The first-order valence-electron chi connectivity index (χ1n) is 5.86. The summed E-state index contributed by atoms with van der Waals surface area (Å²) in [5.41, 5.74) is 0.305. The summed E-state index contributed by atoms with van der Waals surface area (Å²) in [6.45, 7) is 2.03. The number of aromatic nitrogens is 1. The van der Waals surface area contributed by atoms with Gasteiger partial charge in [-0.25, -0.2) is 9.78 Å². The molecule has 0 aliphatic rings. The van der Waals surface area contributed by atoms with Crippen LogP contribution >= 0.6 is 27.5 Å². The number of rotatable bonds is 4. The maximum atomic E-state index is 11.7. The molecular formula is C14H11BrClNO3. The molecule has 104 valence electrons. The Balaban J connectivity index is 2.23. The van der Waals surface area contributed by atoms with Crippen LogP contribution < -0.4 is 4.74 Å². The number of pyridine rings is 1. The second-order valence-electron chi connectivity index (χ2n) is 3.79. The fourth-order valence-corrected chi connectivity index (χ4v) is 1.95. The largest absolute Gasteiger partial charge is 0.462 e. The van der Waals surface area contributed by atoms with E-state index >= 15 is 0 Å². The number of benzene rings is 1. The second kappa shape index (κ2) is 6.72. The van der Waals surface area contributed by atoms with Crippen LogP contribution in [0.1, 0.15) is 17.3 Å². The van der Waals surface area contributed by atoms with Crippen molar-refractivity contribution in [2.75, 3.05) is 6.61 Å². The van der Waals surface area contributed by atoms with Crippen LogP contribution in [0, 0.1) is 0 Å². The molecule has 0 unspecified atom stereocenters. The minimum Gasteiger partial charge on any atom is -0.462 e. The summed E-state index contributed by atoms with van der Waals surface area (Å²) in [4.78, 5) is 15.7. The van der Waals surface area contributed by atoms with Crippen LogP contribution in [0.25, 0.3) is 0 Å². The van der Waals surface area contributed by atoms with Crippen LogP contribution in [-0.4, -0.2) is 17.6 Å². The van der Waals surface area contributed by atoms with Gasteiger partial charge in [-0.05, 0) is 37.3 Å². The van der Waals surface area contributed by atoms with Gasteiger partial charge in [-0.15, -0.1) is 0 Å². The maximum Gasteiger partial charge on any atom is 0.338 e. The van der Waals surface area contributed by atoms with E-state index in [0.717, 1.165) is 4.47 Å². The first-order chi connectivity index (χ1) is 9.58. The zero-order valence-electron chi connectivity index (χ0n) is 10.6. The lowest BCUT2D eigenvalue weighted by Gasteiger charge is -2.07. The molecule has 0 aliphatic heterocycles. The van der Waals surface area contributed by atoms with Gasteiger partial charge in [0.2, 0.25) is 5.88 Å². The summed E-state index contributed by atoms with van der Waals surface area (Å²) in [6, 6.07) is 10.2. The standard InChI is InChI=1S/C14H11BrClNO3/c1-2-19-14(18)9-7-12(16)17-13(8-9)20-11-5-3-10(15)4-6-11/h3-8H,2H2,1H3. The van der Waals surface area contributed by atoms with Gasteiger partial charge in [0.1, 0.15) is 10.9 Å². The molecular weight excluding hydrogens is 346 g/mol. The van der Waals surface area contributed by atoms with Crippen LogP contribution in [0.4, 0.5) is 0 Å². The van der Waals surface area contributed by atoms with E-state index in [0.29, 0.717) is 17.9 Å². The van der Waals surface area contributed by atoms with E-state index in [1.54, 1.807) is 19.1 Å². The van der Waals surface area contributed by atoms with Crippen molar-refractivity contribution in [3.63, 3.8) is 0 Å². The number of nitrogens with zero attached hydrogens (tertiary/aromatic N) is 1. The fourth-order valence-electron chi connectivity index (χ4n) is 1.48. The SMILES string of the molecule is CCOC(=O)c1cc(Cl)nc(Oc2ccc(Br)cc2)c1. The lowest BCUT2D eigenvalue weighted by molar-refractivity contribution is 0.0526. The third-order valence-corrected chi connectivity index (χ3v) is 3.04. The Hall–Kier alpha value is -1.59. The maximum absolute atomic E-state index is 11.7. The third kappa shape index (κ3) is 3.95. The molecule has 0 saturated heterocycles. The van der Waals surface area contributed by atoms with E-state index in [1.165, 1.54) is 12.1 Å². The van der Waals surface area contributed by atoms with Crippen molar-refractivity contribution in [2.24, 2.45) is 0 Å². The summed E-state index contributed by atoms with van der Waals surface area (Å²) < 4.78 is 11.4. The van der Waals surface area contributed by atoms with Gasteiger partial charge in [-0.2, -0.15) is 0 Å². The second-order valence-corrected chi connectivity index (χ2v) is 5.10. The molecule has 20 heavy (non-hydrogen) atoms. The first kappa shape index (κ1) is 14.8. The van der Waals surface area contributed by atoms with E-state index in [2.05, 4.69) is 20.9 Å². The van der Waals surface area contributed by atoms with Gasteiger partial charge in [-0.3, -0.25) is 0 Å². The van der Waals surface area contributed by atoms with Crippen LogP contribution in [0.2, 0.25) is 5.15 Å². The van der Waals surface area contributed by atoms with E-state index in [9.17, 15) is 4.79 Å². The highest BCUT2D eigenvalue weighted by Crippen LogP contribution is 2.24. The van der Waals surface area contributed by atoms with E-state index in [4.69, 9.17) is 21.1 Å². The predicted molar refractivity (Wildman–Crippen MR) is 79.4 cm³/mol. The number of hydrogen-bond acceptors (Lipinski definition) is 4. The summed E-state index contributed by atoms with van der Waals surface area (Å²) in [6.07, 6.45) is 0. The molecule has 2 aromatic rings. The molecule has 1 aromatic carbocycles. The summed E-state index contributed by atoms with van der Waals surface area (Å²) >= 11 is 9.22. The zero-order valence-corrected chi connectivity index (χ0v) is 12.9. The normalized spacial score (nSPS) is 10.2. The molecule has 0 saturated carbocycles. The topological polar surface area (TPSA) is 48.4 Å². The van der Waals surface area contributed by atoms with Crippen molar-refractivity contribution in [3.05, 3.63) is 51.6 Å². The van der Waals surface area contributed by atoms with Gasteiger partial charge in [0.05, 0.1) is 12.2 Å². The Morgan fingerprint density at radius 2 is 2.00 bits per heavy atom. The lowest BCUT2D eigenvalue weighted by atomic mass is 10.2. The molecule has 6 heteroatoms. The number of halogens is 2. The van der Waals surface area contributed by atoms with Gasteiger partial charge in [0.15, 0.2) is 0 Å². The monoisotopic (exact) mass is 355 g/mol. The van der Waals surface area contributed by atoms with Crippen molar-refractivity contribution >= 4 is 33.5 Å². The first-order valence-corrected chi connectivity index (χ1v) is 7.03. The molecule has 0 spiro atoms. The average Bonchev–Trinajstić information content (AvgIpc) is 2.41. The summed E-state index contributed by atoms with van der Waals surface area (Å²) in [5.74, 6) is 0.373. The van der Waals surface area contributed by atoms with E-state index < -0.39 is 5.97 Å². The lowest BCUT2D eigenvalue weighted by Crippen LogP contribution is -2.05. The molecule has 2 rings (SSSR count).